The van der Waals surface area contributed by atoms with E-state index in [-0.39, 0.29) is 5.56 Å². The largest absolute Gasteiger partial charge is 0.504 e. The van der Waals surface area contributed by atoms with Crippen LogP contribution in [0.15, 0.2) is 156 Å². The third kappa shape index (κ3) is 4.70. The van der Waals surface area contributed by atoms with Gasteiger partial charge in [0.15, 0.2) is 11.5 Å². The van der Waals surface area contributed by atoms with E-state index in [0.717, 1.165) is 66.1 Å². The second-order valence-corrected chi connectivity index (χ2v) is 15.4. The topological polar surface area (TPSA) is 114 Å². The molecular weight excluding hydrogens is 729 g/mol. The molecule has 0 saturated heterocycles. The van der Waals surface area contributed by atoms with Gasteiger partial charge in [-0.1, -0.05) is 127 Å². The highest BCUT2D eigenvalue weighted by atomic mass is 32.1. The van der Waals surface area contributed by atoms with Gasteiger partial charge in [-0.15, -0.1) is 11.3 Å². The van der Waals surface area contributed by atoms with Crippen LogP contribution in [0.5, 0.6) is 28.7 Å². The fourth-order valence-corrected chi connectivity index (χ4v) is 9.88. The van der Waals surface area contributed by atoms with Crippen LogP contribution in [0.1, 0.15) is 0 Å². The number of hydrogen-bond donors (Lipinski definition) is 5. The van der Waals surface area contributed by atoms with E-state index in [2.05, 4.69) is 84.9 Å². The van der Waals surface area contributed by atoms with E-state index >= 15 is 0 Å². The first-order valence-corrected chi connectivity index (χ1v) is 19.3. The molecular formula is C50H30O6S. The van der Waals surface area contributed by atoms with E-state index in [0.29, 0.717) is 16.3 Å². The van der Waals surface area contributed by atoms with Crippen LogP contribution in [0.4, 0.5) is 0 Å². The predicted molar refractivity (Wildman–Crippen MR) is 232 cm³/mol. The zero-order chi connectivity index (χ0) is 38.5. The molecule has 2 aromatic heterocycles. The first kappa shape index (κ1) is 32.9. The Morgan fingerprint density at radius 2 is 0.877 bits per heavy atom. The zero-order valence-corrected chi connectivity index (χ0v) is 30.8. The Labute approximate surface area is 328 Å². The molecule has 6 nitrogen and oxygen atoms in total. The van der Waals surface area contributed by atoms with Gasteiger partial charge in [-0.05, 0) is 73.6 Å². The summed E-state index contributed by atoms with van der Waals surface area (Å²) in [5.74, 6) is -4.32. The number of hydrogen-bond acceptors (Lipinski definition) is 7. The number of fused-ring (bicyclic) bond motifs is 8. The second-order valence-electron chi connectivity index (χ2n) is 14.3. The van der Waals surface area contributed by atoms with Crippen molar-refractivity contribution in [1.29, 1.82) is 0 Å². The Morgan fingerprint density at radius 1 is 0.351 bits per heavy atom. The van der Waals surface area contributed by atoms with Crippen LogP contribution < -0.4 is 0 Å². The number of phenolic OH excluding ortho intramolecular Hbond substituents is 5. The Hall–Kier alpha value is -7.48. The number of benzene rings is 9. The SMILES string of the molecule is Oc1c(O)c(O)c(-c2c3ccccc3c(-c3cccc(-c4c(-c5cccc6c5oc5ccccc56)ccc5sc6ccccc6c45)c3)c3ccccc23)c(O)c1O. The molecule has 0 bridgehead atoms. The van der Waals surface area contributed by atoms with E-state index in [9.17, 15) is 25.5 Å². The number of phenols is 5. The van der Waals surface area contributed by atoms with Gasteiger partial charge < -0.3 is 29.9 Å². The molecule has 0 aliphatic carbocycles. The van der Waals surface area contributed by atoms with Crippen molar-refractivity contribution in [1.82, 2.24) is 0 Å². The summed E-state index contributed by atoms with van der Waals surface area (Å²) in [7, 11) is 0. The molecule has 0 atom stereocenters. The maximum Gasteiger partial charge on any atom is 0.208 e. The summed E-state index contributed by atoms with van der Waals surface area (Å²) in [6.07, 6.45) is 0. The molecule has 9 aromatic carbocycles. The molecule has 2 heterocycles. The lowest BCUT2D eigenvalue weighted by molar-refractivity contribution is 0.330. The van der Waals surface area contributed by atoms with E-state index in [1.54, 1.807) is 11.3 Å². The smallest absolute Gasteiger partial charge is 0.208 e. The summed E-state index contributed by atoms with van der Waals surface area (Å²) in [5, 5.41) is 61.3. The number of para-hydroxylation sites is 2. The zero-order valence-electron chi connectivity index (χ0n) is 30.0. The van der Waals surface area contributed by atoms with Crippen LogP contribution in [0, 0.1) is 0 Å². The molecule has 5 N–H and O–H groups in total. The molecule has 0 aliphatic heterocycles. The van der Waals surface area contributed by atoms with Crippen LogP contribution >= 0.6 is 11.3 Å². The minimum Gasteiger partial charge on any atom is -0.504 e. The van der Waals surface area contributed by atoms with E-state index in [1.165, 1.54) is 20.2 Å². The third-order valence-electron chi connectivity index (χ3n) is 11.2. The lowest BCUT2D eigenvalue weighted by Gasteiger charge is -2.20. The molecule has 57 heavy (non-hydrogen) atoms. The summed E-state index contributed by atoms with van der Waals surface area (Å²) in [6.45, 7) is 0. The van der Waals surface area contributed by atoms with Crippen LogP contribution in [-0.4, -0.2) is 25.5 Å². The van der Waals surface area contributed by atoms with Crippen molar-refractivity contribution in [2.45, 2.75) is 0 Å². The van der Waals surface area contributed by atoms with Gasteiger partial charge >= 0.3 is 0 Å². The van der Waals surface area contributed by atoms with Gasteiger partial charge in [0.05, 0.1) is 5.56 Å². The maximum absolute atomic E-state index is 11.2. The summed E-state index contributed by atoms with van der Waals surface area (Å²) >= 11 is 1.78. The quantitative estimate of drug-likeness (QED) is 0.0694. The second kappa shape index (κ2) is 12.3. The fraction of sp³-hybridized carbons (Fsp3) is 0. The van der Waals surface area contributed by atoms with Crippen molar-refractivity contribution in [3.63, 3.8) is 0 Å². The average Bonchev–Trinajstić information content (AvgIpc) is 3.83. The first-order valence-electron chi connectivity index (χ1n) is 18.5. The third-order valence-corrected chi connectivity index (χ3v) is 12.4. The Morgan fingerprint density at radius 3 is 1.56 bits per heavy atom. The fourth-order valence-electron chi connectivity index (χ4n) is 8.76. The lowest BCUT2D eigenvalue weighted by atomic mass is 9.84. The number of thiophene rings is 1. The molecule has 11 aromatic rings. The van der Waals surface area contributed by atoms with Crippen LogP contribution in [0.25, 0.3) is 108 Å². The number of aromatic hydroxyl groups is 5. The molecule has 0 aliphatic rings. The molecule has 0 spiro atoms. The van der Waals surface area contributed by atoms with Crippen LogP contribution in [0.3, 0.4) is 0 Å². The molecule has 0 amide bonds. The Bertz CT molecular complexity index is 3400. The average molecular weight is 759 g/mol. The lowest BCUT2D eigenvalue weighted by Crippen LogP contribution is -1.93. The first-order chi connectivity index (χ1) is 27.9. The Balaban J connectivity index is 1.22. The standard InChI is InChI=1S/C50H30O6S/c51-45-44(46(52)48(54)49(55)47(45)53)42-31-16-3-1-14-29(31)40(30-15-2-4-17-32(30)42)26-11-9-12-27(25-26)41-33(23-24-39-43(41)36-18-6-8-22-38(36)57-39)35-20-10-19-34-28-13-5-7-21-37(28)56-50(34)35/h1-25,51-55H. The Kier molecular flexibility index (Phi) is 7.08. The molecule has 272 valence electrons. The van der Waals surface area contributed by atoms with Crippen molar-refractivity contribution < 1.29 is 29.9 Å². The highest BCUT2D eigenvalue weighted by molar-refractivity contribution is 7.26. The molecule has 11 rings (SSSR count). The minimum atomic E-state index is -1.000. The van der Waals surface area contributed by atoms with Gasteiger partial charge in [0.25, 0.3) is 0 Å². The van der Waals surface area contributed by atoms with E-state index < -0.39 is 28.7 Å². The maximum atomic E-state index is 11.2. The van der Waals surface area contributed by atoms with Gasteiger partial charge in [0.1, 0.15) is 11.2 Å². The number of furan rings is 1. The predicted octanol–water partition coefficient (Wildman–Crippen LogP) is 13.5. The van der Waals surface area contributed by atoms with Crippen molar-refractivity contribution in [3.05, 3.63) is 152 Å². The molecule has 0 radical (unpaired) electrons. The molecule has 0 saturated carbocycles. The molecule has 7 heteroatoms. The normalized spacial score (nSPS) is 11.9. The van der Waals surface area contributed by atoms with Crippen molar-refractivity contribution in [2.75, 3.05) is 0 Å². The highest BCUT2D eigenvalue weighted by Crippen LogP contribution is 2.58. The van der Waals surface area contributed by atoms with Crippen molar-refractivity contribution in [2.24, 2.45) is 0 Å². The van der Waals surface area contributed by atoms with Crippen LogP contribution in [0.2, 0.25) is 0 Å². The van der Waals surface area contributed by atoms with Crippen LogP contribution in [-0.2, 0) is 0 Å². The monoisotopic (exact) mass is 758 g/mol. The van der Waals surface area contributed by atoms with Gasteiger partial charge in [-0.25, -0.2) is 0 Å². The van der Waals surface area contributed by atoms with Crippen molar-refractivity contribution in [3.8, 4) is 73.3 Å². The summed E-state index contributed by atoms with van der Waals surface area (Å²) in [4.78, 5) is 0. The number of rotatable bonds is 4. The summed E-state index contributed by atoms with van der Waals surface area (Å²) in [5.41, 5.74) is 7.93. The highest BCUT2D eigenvalue weighted by Gasteiger charge is 2.28. The van der Waals surface area contributed by atoms with Crippen molar-refractivity contribution >= 4 is 75.0 Å². The minimum absolute atomic E-state index is 0.184. The van der Waals surface area contributed by atoms with Gasteiger partial charge in [-0.2, -0.15) is 0 Å². The van der Waals surface area contributed by atoms with Gasteiger partial charge in [0, 0.05) is 42.1 Å². The molecule has 0 unspecified atom stereocenters. The summed E-state index contributed by atoms with van der Waals surface area (Å²) in [6, 6.07) is 51.3. The van der Waals surface area contributed by atoms with Gasteiger partial charge in [0.2, 0.25) is 17.2 Å². The van der Waals surface area contributed by atoms with Gasteiger partial charge in [-0.3, -0.25) is 0 Å². The van der Waals surface area contributed by atoms with E-state index in [1.807, 2.05) is 66.7 Å². The van der Waals surface area contributed by atoms with E-state index in [4.69, 9.17) is 4.42 Å². The molecule has 0 fully saturated rings. The summed E-state index contributed by atoms with van der Waals surface area (Å²) < 4.78 is 8.99.